The van der Waals surface area contributed by atoms with Crippen molar-refractivity contribution in [3.8, 4) is 11.1 Å². The molecule has 3 heterocycles. The second kappa shape index (κ2) is 11.3. The van der Waals surface area contributed by atoms with Gasteiger partial charge in [0.25, 0.3) is 5.56 Å². The van der Waals surface area contributed by atoms with E-state index in [9.17, 15) is 4.79 Å². The molecule has 0 bridgehead atoms. The fraction of sp³-hybridized carbons (Fsp3) is 0.304. The second-order valence-corrected chi connectivity index (χ2v) is 7.87. The zero-order valence-electron chi connectivity index (χ0n) is 20.4. The summed E-state index contributed by atoms with van der Waals surface area (Å²) in [4.78, 5) is 25.1. The molecule has 0 unspecified atom stereocenters. The van der Waals surface area contributed by atoms with Gasteiger partial charge < -0.3 is 17.2 Å². The summed E-state index contributed by atoms with van der Waals surface area (Å²) in [5.41, 5.74) is 24.7. The van der Waals surface area contributed by atoms with Crippen molar-refractivity contribution in [3.63, 3.8) is 0 Å². The zero-order chi connectivity index (χ0) is 26.4. The highest BCUT2D eigenvalue weighted by molar-refractivity contribution is 6.04. The van der Waals surface area contributed by atoms with Crippen LogP contribution in [-0.4, -0.2) is 42.2 Å². The summed E-state index contributed by atoms with van der Waals surface area (Å²) in [5, 5.41) is 15.0. The topological polar surface area (TPSA) is 217 Å². The standard InChI is InChI=1S/C17H18N4O.C5H7N7.CH5N/c1-3-15-19-14-6-4-5-13(11-9-18-20(2)10-11)16(14)17(22)21(15)12-7-8-12;6-3-2(5(8)12-9)4(7)11-1-10-3;1-2/h4-6,9-10,12H,3,7-8H2,1-2H3;1,8-9H,(H4,6,7,10,11);2H2,1H3. The molecular formula is C23H30N12O. The van der Waals surface area contributed by atoms with Gasteiger partial charge in [-0.2, -0.15) is 5.10 Å². The summed E-state index contributed by atoms with van der Waals surface area (Å²) in [7, 11) is 3.38. The van der Waals surface area contributed by atoms with Crippen molar-refractivity contribution in [1.29, 1.82) is 10.9 Å². The van der Waals surface area contributed by atoms with Gasteiger partial charge in [-0.25, -0.2) is 20.5 Å². The van der Waals surface area contributed by atoms with Gasteiger partial charge in [0, 0.05) is 31.3 Å². The first kappa shape index (κ1) is 26.1. The van der Waals surface area contributed by atoms with Gasteiger partial charge in [-0.1, -0.05) is 19.1 Å². The molecule has 0 saturated heterocycles. The molecule has 0 radical (unpaired) electrons. The van der Waals surface area contributed by atoms with Crippen LogP contribution in [0.1, 0.15) is 37.2 Å². The smallest absolute Gasteiger partial charge is 0.262 e. The number of rotatable bonds is 4. The number of benzene rings is 1. The van der Waals surface area contributed by atoms with E-state index >= 15 is 0 Å². The molecule has 0 amide bonds. The molecular weight excluding hydrogens is 460 g/mol. The summed E-state index contributed by atoms with van der Waals surface area (Å²) in [6.45, 7) is 2.05. The Bertz CT molecular complexity index is 1430. The van der Waals surface area contributed by atoms with Gasteiger partial charge >= 0.3 is 0 Å². The number of nitrogen functional groups attached to an aromatic ring is 2. The lowest BCUT2D eigenvalue weighted by Gasteiger charge is -2.13. The predicted octanol–water partition coefficient (Wildman–Crippen LogP) is 2.27. The molecule has 8 N–H and O–H groups in total. The number of nitrogens with one attached hydrogen (secondary N) is 2. The van der Waals surface area contributed by atoms with Crippen LogP contribution in [0.4, 0.5) is 11.6 Å². The van der Waals surface area contributed by atoms with Crippen molar-refractivity contribution >= 4 is 28.4 Å². The molecule has 3 aromatic heterocycles. The SMILES string of the molecule is CCc1nc2cccc(-c3cnn(C)c3)c2c(=O)n1C1CC1.CN.N=NC(=N)c1c(N)ncnc1N. The van der Waals surface area contributed by atoms with Gasteiger partial charge in [0.05, 0.1) is 17.1 Å². The maximum absolute atomic E-state index is 13.1. The molecule has 0 spiro atoms. The summed E-state index contributed by atoms with van der Waals surface area (Å²) < 4.78 is 3.66. The predicted molar refractivity (Wildman–Crippen MR) is 139 cm³/mol. The van der Waals surface area contributed by atoms with E-state index in [1.807, 2.05) is 36.0 Å². The van der Waals surface area contributed by atoms with E-state index in [0.717, 1.165) is 41.7 Å². The average Bonchev–Trinajstić information content (AvgIpc) is 3.63. The van der Waals surface area contributed by atoms with Crippen LogP contribution in [0.15, 0.2) is 46.8 Å². The van der Waals surface area contributed by atoms with E-state index in [1.54, 1.807) is 10.9 Å². The number of nitrogens with zero attached hydrogens (tertiary/aromatic N) is 7. The molecule has 1 aliphatic rings. The average molecular weight is 491 g/mol. The lowest BCUT2D eigenvalue weighted by atomic mass is 10.0. The molecule has 0 atom stereocenters. The Kier molecular flexibility index (Phi) is 8.17. The molecule has 13 heteroatoms. The molecule has 5 rings (SSSR count). The molecule has 13 nitrogen and oxygen atoms in total. The fourth-order valence-electron chi connectivity index (χ4n) is 3.76. The lowest BCUT2D eigenvalue weighted by Crippen LogP contribution is -2.24. The van der Waals surface area contributed by atoms with Gasteiger partial charge in [0.1, 0.15) is 29.4 Å². The highest BCUT2D eigenvalue weighted by atomic mass is 16.1. The first-order chi connectivity index (χ1) is 17.3. The summed E-state index contributed by atoms with van der Waals surface area (Å²) >= 11 is 0. The molecule has 1 saturated carbocycles. The minimum atomic E-state index is -0.342. The Morgan fingerprint density at radius 2 is 1.86 bits per heavy atom. The van der Waals surface area contributed by atoms with Crippen LogP contribution >= 0.6 is 0 Å². The first-order valence-electron chi connectivity index (χ1n) is 11.3. The molecule has 4 aromatic rings. The molecule has 0 aliphatic heterocycles. The van der Waals surface area contributed by atoms with Crippen LogP contribution in [0.25, 0.3) is 22.0 Å². The minimum Gasteiger partial charge on any atom is -0.383 e. The third kappa shape index (κ3) is 5.25. The first-order valence-corrected chi connectivity index (χ1v) is 11.3. The van der Waals surface area contributed by atoms with Crippen molar-refractivity contribution in [2.24, 2.45) is 17.9 Å². The van der Waals surface area contributed by atoms with Crippen molar-refractivity contribution in [2.45, 2.75) is 32.2 Å². The number of amidine groups is 1. The third-order valence-electron chi connectivity index (χ3n) is 5.50. The van der Waals surface area contributed by atoms with E-state index < -0.39 is 0 Å². The Labute approximate surface area is 207 Å². The van der Waals surface area contributed by atoms with Crippen molar-refractivity contribution in [1.82, 2.24) is 29.3 Å². The number of anilines is 2. The Hall–Kier alpha value is -4.52. The molecule has 1 fully saturated rings. The maximum atomic E-state index is 13.1. The molecule has 36 heavy (non-hydrogen) atoms. The second-order valence-electron chi connectivity index (χ2n) is 7.87. The largest absolute Gasteiger partial charge is 0.383 e. The molecule has 1 aromatic carbocycles. The number of hydrogen-bond acceptors (Lipinski definition) is 10. The van der Waals surface area contributed by atoms with Gasteiger partial charge in [-0.15, -0.1) is 5.11 Å². The number of aromatic nitrogens is 6. The quantitative estimate of drug-likeness (QED) is 0.162. The summed E-state index contributed by atoms with van der Waals surface area (Å²) in [5.74, 6) is 0.668. The van der Waals surface area contributed by atoms with E-state index in [1.165, 1.54) is 13.4 Å². The summed E-state index contributed by atoms with van der Waals surface area (Å²) in [6, 6.07) is 6.19. The maximum Gasteiger partial charge on any atom is 0.262 e. The van der Waals surface area contributed by atoms with Gasteiger partial charge in [-0.05, 0) is 31.5 Å². The Balaban J connectivity index is 0.000000220. The number of hydrogen-bond donors (Lipinski definition) is 5. The summed E-state index contributed by atoms with van der Waals surface area (Å²) in [6.07, 6.45) is 7.85. The Morgan fingerprint density at radius 3 is 2.39 bits per heavy atom. The normalized spacial score (nSPS) is 12.2. The minimum absolute atomic E-state index is 0.0588. The zero-order valence-corrected chi connectivity index (χ0v) is 20.4. The van der Waals surface area contributed by atoms with Crippen LogP contribution in [0.3, 0.4) is 0 Å². The lowest BCUT2D eigenvalue weighted by molar-refractivity contribution is 0.646. The van der Waals surface area contributed by atoms with E-state index in [2.05, 4.69) is 32.8 Å². The number of fused-ring (bicyclic) bond motifs is 1. The highest BCUT2D eigenvalue weighted by Crippen LogP contribution is 2.35. The van der Waals surface area contributed by atoms with Gasteiger partial charge in [0.15, 0.2) is 5.84 Å². The fourth-order valence-corrected chi connectivity index (χ4v) is 3.76. The van der Waals surface area contributed by atoms with Gasteiger partial charge in [0.2, 0.25) is 0 Å². The molecule has 188 valence electrons. The van der Waals surface area contributed by atoms with Crippen molar-refractivity contribution in [3.05, 3.63) is 58.7 Å². The van der Waals surface area contributed by atoms with Crippen LogP contribution in [0, 0.1) is 10.9 Å². The number of aryl methyl sites for hydroxylation is 2. The van der Waals surface area contributed by atoms with Crippen molar-refractivity contribution in [2.75, 3.05) is 18.5 Å². The molecule has 1 aliphatic carbocycles. The van der Waals surface area contributed by atoms with Crippen LogP contribution in [-0.2, 0) is 13.5 Å². The van der Waals surface area contributed by atoms with E-state index in [-0.39, 0.29) is 28.6 Å². The van der Waals surface area contributed by atoms with Crippen molar-refractivity contribution < 1.29 is 0 Å². The third-order valence-corrected chi connectivity index (χ3v) is 5.50. The monoisotopic (exact) mass is 490 g/mol. The highest BCUT2D eigenvalue weighted by Gasteiger charge is 2.28. The van der Waals surface area contributed by atoms with Crippen LogP contribution in [0.5, 0.6) is 0 Å². The van der Waals surface area contributed by atoms with Crippen LogP contribution in [0.2, 0.25) is 0 Å². The van der Waals surface area contributed by atoms with Gasteiger partial charge in [-0.3, -0.25) is 19.5 Å². The van der Waals surface area contributed by atoms with Crippen LogP contribution < -0.4 is 22.8 Å². The Morgan fingerprint density at radius 1 is 1.19 bits per heavy atom. The number of nitrogens with two attached hydrogens (primary N) is 3. The van der Waals surface area contributed by atoms with E-state index in [0.29, 0.717) is 11.4 Å². The van der Waals surface area contributed by atoms with E-state index in [4.69, 9.17) is 27.4 Å².